The van der Waals surface area contributed by atoms with E-state index in [1.165, 1.54) is 21.3 Å². The van der Waals surface area contributed by atoms with Crippen LogP contribution in [0, 0.1) is 0 Å². The molecule has 54 heavy (non-hydrogen) atoms. The predicted molar refractivity (Wildman–Crippen MR) is 202 cm³/mol. The third-order valence-electron chi connectivity index (χ3n) is 9.24. The van der Waals surface area contributed by atoms with Crippen molar-refractivity contribution in [3.8, 4) is 34.5 Å². The van der Waals surface area contributed by atoms with Crippen LogP contribution < -0.4 is 28.4 Å². The minimum atomic E-state index is -0.522. The SMILES string of the molecule is COc1cc2c(cc1OC(=O)c1ccccc1)Cc1cc(OC)c(OC(=O)c3ccccc3)cc1Cc1cc(OC)c(OC(=O)c3ccccc3)cc1C2. The van der Waals surface area contributed by atoms with Crippen LogP contribution in [0.15, 0.2) is 127 Å². The summed E-state index contributed by atoms with van der Waals surface area (Å²) in [5.41, 5.74) is 6.45. The van der Waals surface area contributed by atoms with Crippen LogP contribution in [0.3, 0.4) is 0 Å². The van der Waals surface area contributed by atoms with Crippen molar-refractivity contribution in [2.24, 2.45) is 0 Å². The maximum Gasteiger partial charge on any atom is 0.343 e. The molecule has 9 nitrogen and oxygen atoms in total. The molecule has 0 atom stereocenters. The van der Waals surface area contributed by atoms with E-state index in [2.05, 4.69) is 0 Å². The molecule has 1 aliphatic carbocycles. The van der Waals surface area contributed by atoms with Gasteiger partial charge in [-0.05, 0) is 125 Å². The Labute approximate surface area is 312 Å². The van der Waals surface area contributed by atoms with Crippen molar-refractivity contribution in [3.63, 3.8) is 0 Å². The first-order chi connectivity index (χ1) is 26.3. The van der Waals surface area contributed by atoms with Crippen LogP contribution in [0.25, 0.3) is 0 Å². The zero-order valence-electron chi connectivity index (χ0n) is 29.9. The first-order valence-electron chi connectivity index (χ1n) is 17.2. The Morgan fingerprint density at radius 3 is 0.796 bits per heavy atom. The third-order valence-corrected chi connectivity index (χ3v) is 9.24. The quantitative estimate of drug-likeness (QED) is 0.107. The molecule has 270 valence electrons. The van der Waals surface area contributed by atoms with Gasteiger partial charge in [-0.25, -0.2) is 14.4 Å². The average molecular weight is 721 g/mol. The second kappa shape index (κ2) is 15.8. The first-order valence-corrected chi connectivity index (χ1v) is 17.2. The van der Waals surface area contributed by atoms with E-state index < -0.39 is 17.9 Å². The summed E-state index contributed by atoms with van der Waals surface area (Å²) in [4.78, 5) is 39.6. The van der Waals surface area contributed by atoms with Gasteiger partial charge < -0.3 is 28.4 Å². The van der Waals surface area contributed by atoms with Gasteiger partial charge in [0, 0.05) is 0 Å². The van der Waals surface area contributed by atoms with Gasteiger partial charge in [0.1, 0.15) is 0 Å². The molecule has 6 aromatic rings. The maximum atomic E-state index is 13.2. The largest absolute Gasteiger partial charge is 0.493 e. The lowest BCUT2D eigenvalue weighted by Gasteiger charge is -2.17. The van der Waals surface area contributed by atoms with Crippen LogP contribution in [0.1, 0.15) is 64.5 Å². The van der Waals surface area contributed by atoms with Crippen LogP contribution in [0.4, 0.5) is 0 Å². The van der Waals surface area contributed by atoms with E-state index >= 15 is 0 Å². The number of methoxy groups -OCH3 is 3. The summed E-state index contributed by atoms with van der Waals surface area (Å²) in [7, 11) is 4.57. The molecule has 6 aromatic carbocycles. The molecule has 9 heteroatoms. The van der Waals surface area contributed by atoms with Gasteiger partial charge >= 0.3 is 17.9 Å². The van der Waals surface area contributed by atoms with E-state index in [0.29, 0.717) is 53.2 Å². The van der Waals surface area contributed by atoms with Crippen molar-refractivity contribution in [3.05, 3.63) is 177 Å². The Kier molecular flexibility index (Phi) is 10.4. The number of rotatable bonds is 9. The van der Waals surface area contributed by atoms with Gasteiger partial charge in [-0.1, -0.05) is 54.6 Å². The van der Waals surface area contributed by atoms with Crippen LogP contribution in [0.5, 0.6) is 34.5 Å². The second-order valence-corrected chi connectivity index (χ2v) is 12.6. The van der Waals surface area contributed by atoms with Crippen molar-refractivity contribution in [1.29, 1.82) is 0 Å². The second-order valence-electron chi connectivity index (χ2n) is 12.6. The molecule has 1 aliphatic rings. The third kappa shape index (κ3) is 7.66. The van der Waals surface area contributed by atoms with E-state index in [9.17, 15) is 14.4 Å². The fourth-order valence-corrected chi connectivity index (χ4v) is 6.45. The highest BCUT2D eigenvalue weighted by Gasteiger charge is 2.25. The van der Waals surface area contributed by atoms with E-state index in [1.807, 2.05) is 54.6 Å². The normalized spacial score (nSPS) is 11.6. The monoisotopic (exact) mass is 720 g/mol. The van der Waals surface area contributed by atoms with Gasteiger partial charge in [-0.3, -0.25) is 0 Å². The smallest absolute Gasteiger partial charge is 0.343 e. The van der Waals surface area contributed by atoms with Crippen molar-refractivity contribution in [1.82, 2.24) is 0 Å². The molecule has 0 saturated carbocycles. The van der Waals surface area contributed by atoms with E-state index in [4.69, 9.17) is 28.4 Å². The molecule has 0 radical (unpaired) electrons. The molecule has 0 amide bonds. The molecule has 0 bridgehead atoms. The van der Waals surface area contributed by atoms with Crippen molar-refractivity contribution in [2.75, 3.05) is 21.3 Å². The molecule has 0 aliphatic heterocycles. The molecular weight excluding hydrogens is 684 g/mol. The molecule has 7 rings (SSSR count). The van der Waals surface area contributed by atoms with E-state index in [0.717, 1.165) is 33.4 Å². The molecule has 0 aromatic heterocycles. The number of hydrogen-bond acceptors (Lipinski definition) is 9. The fourth-order valence-electron chi connectivity index (χ4n) is 6.45. The van der Waals surface area contributed by atoms with Crippen molar-refractivity contribution in [2.45, 2.75) is 19.3 Å². The highest BCUT2D eigenvalue weighted by Crippen LogP contribution is 2.41. The number of carbonyl (C=O) groups is 3. The molecule has 0 N–H and O–H groups in total. The van der Waals surface area contributed by atoms with Gasteiger partial charge in [-0.15, -0.1) is 0 Å². The Morgan fingerprint density at radius 2 is 0.574 bits per heavy atom. The fraction of sp³-hybridized carbons (Fsp3) is 0.133. The molecular formula is C45H36O9. The molecule has 0 spiro atoms. The highest BCUT2D eigenvalue weighted by atomic mass is 16.6. The Hall–Kier alpha value is -6.87. The zero-order chi connectivity index (χ0) is 37.6. The predicted octanol–water partition coefficient (Wildman–Crippen LogP) is 8.46. The first kappa shape index (κ1) is 35.5. The van der Waals surface area contributed by atoms with Gasteiger partial charge in [0.05, 0.1) is 38.0 Å². The zero-order valence-corrected chi connectivity index (χ0v) is 29.9. The number of carbonyl (C=O) groups excluding carboxylic acids is 3. The summed E-state index contributed by atoms with van der Waals surface area (Å²) in [5.74, 6) is 0.358. The van der Waals surface area contributed by atoms with Gasteiger partial charge in [0.2, 0.25) is 0 Å². The summed E-state index contributed by atoms with van der Waals surface area (Å²) >= 11 is 0. The number of hydrogen-bond donors (Lipinski definition) is 0. The van der Waals surface area contributed by atoms with Crippen LogP contribution in [-0.4, -0.2) is 39.2 Å². The molecule has 0 fully saturated rings. The standard InChI is InChI=1S/C45H36O9/c1-49-37-22-31-19-35-26-41(53-44(47)29-15-9-5-10-16-29)39(51-3)24-33(35)21-36-27-42(54-45(48)30-17-11-6-12-18-30)38(50-2)23-32(36)20-34(31)25-40(37)52-43(46)28-13-7-4-8-14-28/h4-18,22-27H,19-21H2,1-3H3. The Morgan fingerprint density at radius 1 is 0.352 bits per heavy atom. The topological polar surface area (TPSA) is 107 Å². The van der Waals surface area contributed by atoms with Gasteiger partial charge in [0.25, 0.3) is 0 Å². The number of esters is 3. The lowest BCUT2D eigenvalue weighted by molar-refractivity contribution is 0.0720. The Bertz CT molecular complexity index is 2070. The number of benzene rings is 6. The van der Waals surface area contributed by atoms with Crippen LogP contribution in [0.2, 0.25) is 0 Å². The lowest BCUT2D eigenvalue weighted by Crippen LogP contribution is -2.11. The molecule has 0 unspecified atom stereocenters. The summed E-state index contributed by atoms with van der Waals surface area (Å²) in [6.45, 7) is 0. The summed E-state index contributed by atoms with van der Waals surface area (Å²) in [6.07, 6.45) is 1.23. The summed E-state index contributed by atoms with van der Waals surface area (Å²) in [6, 6.07) is 37.3. The number of ether oxygens (including phenoxy) is 6. The van der Waals surface area contributed by atoms with Crippen LogP contribution >= 0.6 is 0 Å². The van der Waals surface area contributed by atoms with Gasteiger partial charge in [0.15, 0.2) is 34.5 Å². The van der Waals surface area contributed by atoms with Crippen molar-refractivity contribution < 1.29 is 42.8 Å². The minimum Gasteiger partial charge on any atom is -0.493 e. The van der Waals surface area contributed by atoms with Gasteiger partial charge in [-0.2, -0.15) is 0 Å². The summed E-state index contributed by atoms with van der Waals surface area (Å²) < 4.78 is 35.0. The molecule has 0 saturated heterocycles. The average Bonchev–Trinajstić information content (AvgIpc) is 3.26. The summed E-state index contributed by atoms with van der Waals surface area (Å²) in [5, 5.41) is 0. The highest BCUT2D eigenvalue weighted by molar-refractivity contribution is 5.92. The van der Waals surface area contributed by atoms with Crippen molar-refractivity contribution >= 4 is 17.9 Å². The number of fused-ring (bicyclic) bond motifs is 3. The molecule has 0 heterocycles. The Balaban J connectivity index is 1.36. The van der Waals surface area contributed by atoms with Crippen LogP contribution in [-0.2, 0) is 19.3 Å². The maximum absolute atomic E-state index is 13.2. The lowest BCUT2D eigenvalue weighted by atomic mass is 9.94. The minimum absolute atomic E-state index is 0.263. The van der Waals surface area contributed by atoms with E-state index in [-0.39, 0.29) is 17.2 Å². The van der Waals surface area contributed by atoms with E-state index in [1.54, 1.807) is 72.8 Å².